The molecule has 0 saturated heterocycles. The third-order valence-electron chi connectivity index (χ3n) is 3.23. The van der Waals surface area contributed by atoms with Crippen LogP contribution in [0.25, 0.3) is 0 Å². The summed E-state index contributed by atoms with van der Waals surface area (Å²) in [7, 11) is 2.02. The Hall–Kier alpha value is -0.610. The SMILES string of the molecule is CCSCc1ncc2c(n1)CCC(CNC)C2. The number of aryl methyl sites for hydroxylation is 1. The quantitative estimate of drug-likeness (QED) is 0.869. The van der Waals surface area contributed by atoms with Gasteiger partial charge in [-0.05, 0) is 50.1 Å². The fourth-order valence-electron chi connectivity index (χ4n) is 2.35. The number of nitrogens with one attached hydrogen (secondary N) is 1. The molecule has 0 radical (unpaired) electrons. The Morgan fingerprint density at radius 1 is 1.53 bits per heavy atom. The molecular weight excluding hydrogens is 230 g/mol. The van der Waals surface area contributed by atoms with E-state index in [1.165, 1.54) is 17.7 Å². The summed E-state index contributed by atoms with van der Waals surface area (Å²) >= 11 is 1.89. The van der Waals surface area contributed by atoms with Gasteiger partial charge in [-0.1, -0.05) is 6.92 Å². The molecule has 1 aromatic heterocycles. The summed E-state index contributed by atoms with van der Waals surface area (Å²) in [5.74, 6) is 3.84. The molecule has 1 aromatic rings. The Bertz CT molecular complexity index is 368. The Labute approximate surface area is 108 Å². The van der Waals surface area contributed by atoms with E-state index in [0.717, 1.165) is 42.6 Å². The van der Waals surface area contributed by atoms with Gasteiger partial charge in [0.2, 0.25) is 0 Å². The van der Waals surface area contributed by atoms with Crippen molar-refractivity contribution in [1.29, 1.82) is 0 Å². The van der Waals surface area contributed by atoms with Crippen molar-refractivity contribution in [3.8, 4) is 0 Å². The van der Waals surface area contributed by atoms with E-state index in [-0.39, 0.29) is 0 Å². The zero-order valence-electron chi connectivity index (χ0n) is 10.7. The van der Waals surface area contributed by atoms with Crippen molar-refractivity contribution in [3.05, 3.63) is 23.3 Å². The summed E-state index contributed by atoms with van der Waals surface area (Å²) in [5.41, 5.74) is 2.65. The lowest BCUT2D eigenvalue weighted by molar-refractivity contribution is 0.433. The second-order valence-corrected chi connectivity index (χ2v) is 5.84. The van der Waals surface area contributed by atoms with Gasteiger partial charge in [0.1, 0.15) is 5.82 Å². The zero-order valence-corrected chi connectivity index (χ0v) is 11.5. The van der Waals surface area contributed by atoms with Gasteiger partial charge in [0, 0.05) is 11.9 Å². The molecule has 0 fully saturated rings. The minimum Gasteiger partial charge on any atom is -0.319 e. The smallest absolute Gasteiger partial charge is 0.138 e. The van der Waals surface area contributed by atoms with E-state index in [4.69, 9.17) is 4.98 Å². The average molecular weight is 251 g/mol. The van der Waals surface area contributed by atoms with E-state index in [1.807, 2.05) is 18.8 Å². The van der Waals surface area contributed by atoms with Crippen molar-refractivity contribution in [1.82, 2.24) is 15.3 Å². The van der Waals surface area contributed by atoms with Crippen LogP contribution in [0.1, 0.15) is 30.4 Å². The van der Waals surface area contributed by atoms with Crippen molar-refractivity contribution in [2.45, 2.75) is 31.9 Å². The van der Waals surface area contributed by atoms with Crippen LogP contribution in [0.4, 0.5) is 0 Å². The first-order chi connectivity index (χ1) is 8.33. The lowest BCUT2D eigenvalue weighted by Crippen LogP contribution is -2.25. The third kappa shape index (κ3) is 3.42. The number of rotatable bonds is 5. The lowest BCUT2D eigenvalue weighted by Gasteiger charge is -2.23. The number of thioether (sulfide) groups is 1. The Kier molecular flexibility index (Phi) is 4.80. The van der Waals surface area contributed by atoms with E-state index >= 15 is 0 Å². The first-order valence-corrected chi connectivity index (χ1v) is 7.55. The van der Waals surface area contributed by atoms with E-state index in [2.05, 4.69) is 23.4 Å². The van der Waals surface area contributed by atoms with Crippen LogP contribution in [0.2, 0.25) is 0 Å². The molecule has 3 nitrogen and oxygen atoms in total. The summed E-state index contributed by atoms with van der Waals surface area (Å²) in [4.78, 5) is 9.16. The van der Waals surface area contributed by atoms with Crippen LogP contribution in [0, 0.1) is 5.92 Å². The summed E-state index contributed by atoms with van der Waals surface area (Å²) in [6.07, 6.45) is 5.56. The highest BCUT2D eigenvalue weighted by Crippen LogP contribution is 2.23. The van der Waals surface area contributed by atoms with Gasteiger partial charge in [0.15, 0.2) is 0 Å². The molecule has 0 aliphatic heterocycles. The second-order valence-electron chi connectivity index (χ2n) is 4.56. The molecule has 1 unspecified atom stereocenters. The average Bonchev–Trinajstić information content (AvgIpc) is 2.36. The van der Waals surface area contributed by atoms with Crippen molar-refractivity contribution in [2.24, 2.45) is 5.92 Å². The van der Waals surface area contributed by atoms with Gasteiger partial charge in [-0.2, -0.15) is 11.8 Å². The summed E-state index contributed by atoms with van der Waals surface area (Å²) < 4.78 is 0. The normalized spacial score (nSPS) is 19.1. The van der Waals surface area contributed by atoms with E-state index in [0.29, 0.717) is 0 Å². The minimum atomic E-state index is 0.756. The van der Waals surface area contributed by atoms with Crippen LogP contribution in [0.5, 0.6) is 0 Å². The van der Waals surface area contributed by atoms with Crippen LogP contribution < -0.4 is 5.32 Å². The van der Waals surface area contributed by atoms with Gasteiger partial charge in [0.05, 0.1) is 5.75 Å². The van der Waals surface area contributed by atoms with Crippen LogP contribution in [-0.4, -0.2) is 29.3 Å². The highest BCUT2D eigenvalue weighted by atomic mass is 32.2. The molecule has 0 spiro atoms. The Morgan fingerprint density at radius 3 is 3.18 bits per heavy atom. The number of aromatic nitrogens is 2. The van der Waals surface area contributed by atoms with Crippen LogP contribution in [-0.2, 0) is 18.6 Å². The van der Waals surface area contributed by atoms with Gasteiger partial charge in [-0.15, -0.1) is 0 Å². The molecule has 0 aromatic carbocycles. The molecule has 0 bridgehead atoms. The van der Waals surface area contributed by atoms with Gasteiger partial charge < -0.3 is 5.32 Å². The number of hydrogen-bond acceptors (Lipinski definition) is 4. The number of fused-ring (bicyclic) bond motifs is 1. The zero-order chi connectivity index (χ0) is 12.1. The van der Waals surface area contributed by atoms with Gasteiger partial charge in [-0.25, -0.2) is 9.97 Å². The number of nitrogens with zero attached hydrogens (tertiary/aromatic N) is 2. The van der Waals surface area contributed by atoms with E-state index < -0.39 is 0 Å². The molecule has 0 saturated carbocycles. The van der Waals surface area contributed by atoms with E-state index in [1.54, 1.807) is 0 Å². The fraction of sp³-hybridized carbons (Fsp3) is 0.692. The van der Waals surface area contributed by atoms with Crippen LogP contribution >= 0.6 is 11.8 Å². The molecular formula is C13H21N3S. The molecule has 4 heteroatoms. The molecule has 2 rings (SSSR count). The lowest BCUT2D eigenvalue weighted by atomic mass is 9.87. The van der Waals surface area contributed by atoms with Gasteiger partial charge in [0.25, 0.3) is 0 Å². The topological polar surface area (TPSA) is 37.8 Å². The van der Waals surface area contributed by atoms with Gasteiger partial charge in [-0.3, -0.25) is 0 Å². The molecule has 17 heavy (non-hydrogen) atoms. The number of hydrogen-bond donors (Lipinski definition) is 1. The Balaban J connectivity index is 2.03. The van der Waals surface area contributed by atoms with Crippen molar-refractivity contribution >= 4 is 11.8 Å². The molecule has 1 aliphatic rings. The summed E-state index contributed by atoms with van der Waals surface area (Å²) in [6.45, 7) is 3.28. The highest BCUT2D eigenvalue weighted by molar-refractivity contribution is 7.98. The fourth-order valence-corrected chi connectivity index (χ4v) is 2.88. The molecule has 94 valence electrons. The molecule has 0 amide bonds. The molecule has 1 atom stereocenters. The maximum absolute atomic E-state index is 4.69. The van der Waals surface area contributed by atoms with Crippen LogP contribution in [0.3, 0.4) is 0 Å². The monoisotopic (exact) mass is 251 g/mol. The van der Waals surface area contributed by atoms with Crippen molar-refractivity contribution in [2.75, 3.05) is 19.3 Å². The highest BCUT2D eigenvalue weighted by Gasteiger charge is 2.19. The second kappa shape index (κ2) is 6.36. The largest absolute Gasteiger partial charge is 0.319 e. The standard InChI is InChI=1S/C13H21N3S/c1-3-17-9-13-15-8-11-6-10(7-14-2)4-5-12(11)16-13/h8,10,14H,3-7,9H2,1-2H3. The van der Waals surface area contributed by atoms with Crippen molar-refractivity contribution < 1.29 is 0 Å². The maximum Gasteiger partial charge on any atom is 0.138 e. The molecule has 1 aliphatic carbocycles. The minimum absolute atomic E-state index is 0.756. The molecule has 1 N–H and O–H groups in total. The van der Waals surface area contributed by atoms with Crippen LogP contribution in [0.15, 0.2) is 6.20 Å². The Morgan fingerprint density at radius 2 is 2.41 bits per heavy atom. The van der Waals surface area contributed by atoms with Gasteiger partial charge >= 0.3 is 0 Å². The molecule has 1 heterocycles. The van der Waals surface area contributed by atoms with E-state index in [9.17, 15) is 0 Å². The van der Waals surface area contributed by atoms with Crippen molar-refractivity contribution in [3.63, 3.8) is 0 Å². The summed E-state index contributed by atoms with van der Waals surface area (Å²) in [6, 6.07) is 0. The predicted molar refractivity (Wildman–Crippen MR) is 73.3 cm³/mol. The first-order valence-electron chi connectivity index (χ1n) is 6.39. The first kappa shape index (κ1) is 12.8. The third-order valence-corrected chi connectivity index (χ3v) is 4.10. The predicted octanol–water partition coefficient (Wildman–Crippen LogP) is 2.05. The summed E-state index contributed by atoms with van der Waals surface area (Å²) in [5, 5.41) is 3.26. The maximum atomic E-state index is 4.69.